The van der Waals surface area contributed by atoms with Crippen molar-refractivity contribution in [3.63, 3.8) is 0 Å². The van der Waals surface area contributed by atoms with Crippen LogP contribution in [-0.4, -0.2) is 35.3 Å². The number of ketones is 1. The van der Waals surface area contributed by atoms with Crippen LogP contribution in [0.25, 0.3) is 11.2 Å². The van der Waals surface area contributed by atoms with Crippen LogP contribution in [0.15, 0.2) is 12.7 Å². The number of anilines is 1. The van der Waals surface area contributed by atoms with E-state index in [2.05, 4.69) is 19.6 Å². The van der Waals surface area contributed by atoms with Gasteiger partial charge in [-0.15, -0.1) is 4.73 Å². The monoisotopic (exact) mass is 289 g/mol. The van der Waals surface area contributed by atoms with Crippen molar-refractivity contribution in [3.8, 4) is 0 Å². The molecule has 0 aliphatic carbocycles. The fraction of sp³-hybridized carbons (Fsp3) is 0.250. The lowest BCUT2D eigenvalue weighted by Crippen LogP contribution is -2.07. The molecule has 2 aromatic rings. The third kappa shape index (κ3) is 4.62. The van der Waals surface area contributed by atoms with Crippen LogP contribution < -0.4 is 10.4 Å². The number of Topliss-reactive ketones (excluding diaryl/α,β-unsaturated/α-hetero) is 1. The lowest BCUT2D eigenvalue weighted by molar-refractivity contribution is -0.115. The summed E-state index contributed by atoms with van der Waals surface area (Å²) in [5, 5.41) is 0. The van der Waals surface area contributed by atoms with Crippen LogP contribution >= 0.6 is 7.82 Å². The van der Waals surface area contributed by atoms with E-state index in [9.17, 15) is 9.36 Å². The molecule has 0 aliphatic rings. The maximum Gasteiger partial charge on any atom is 0.543 e. The van der Waals surface area contributed by atoms with Crippen LogP contribution in [0.5, 0.6) is 0 Å². The number of carbonyl (C=O) groups excluding carboxylic acids is 1. The van der Waals surface area contributed by atoms with Gasteiger partial charge in [0.05, 0.1) is 0 Å². The van der Waals surface area contributed by atoms with Gasteiger partial charge in [0.2, 0.25) is 5.65 Å². The molecule has 4 N–H and O–H groups in total. The summed E-state index contributed by atoms with van der Waals surface area (Å²) in [6, 6.07) is 0. The molecule has 0 radical (unpaired) electrons. The summed E-state index contributed by atoms with van der Waals surface area (Å²) >= 11 is 0. The van der Waals surface area contributed by atoms with Crippen molar-refractivity contribution < 1.29 is 23.8 Å². The first-order chi connectivity index (χ1) is 8.70. The van der Waals surface area contributed by atoms with Crippen molar-refractivity contribution in [3.05, 3.63) is 12.7 Å². The molecule has 0 amide bonds. The Hall–Kier alpha value is -2.03. The van der Waals surface area contributed by atoms with Crippen LogP contribution in [0.4, 0.5) is 5.82 Å². The molecule has 11 heteroatoms. The lowest BCUT2D eigenvalue weighted by Gasteiger charge is -2.05. The molecule has 104 valence electrons. The van der Waals surface area contributed by atoms with Crippen molar-refractivity contribution in [2.45, 2.75) is 13.8 Å². The number of nitrogen functional groups attached to an aromatic ring is 1. The maximum atomic E-state index is 10.6. The first-order valence-corrected chi connectivity index (χ1v) is 6.40. The van der Waals surface area contributed by atoms with E-state index in [1.807, 2.05) is 0 Å². The van der Waals surface area contributed by atoms with Gasteiger partial charge in [-0.25, -0.2) is 19.5 Å². The van der Waals surface area contributed by atoms with Gasteiger partial charge in [-0.2, -0.15) is 0 Å². The van der Waals surface area contributed by atoms with E-state index in [4.69, 9.17) is 15.5 Å². The van der Waals surface area contributed by atoms with Crippen LogP contribution in [0.2, 0.25) is 0 Å². The van der Waals surface area contributed by atoms with E-state index in [1.165, 1.54) is 13.8 Å². The Bertz CT molecular complexity index is 631. The topological polar surface area (TPSA) is 153 Å². The minimum atomic E-state index is -4.65. The molecule has 2 rings (SSSR count). The first-order valence-electron chi connectivity index (χ1n) is 4.87. The predicted molar refractivity (Wildman–Crippen MR) is 64.7 cm³/mol. The number of hydrogen-bond acceptors (Lipinski definition) is 7. The van der Waals surface area contributed by atoms with E-state index in [0.29, 0.717) is 0 Å². The smallest absolute Gasteiger partial charge is 0.382 e. The Kier molecular flexibility index (Phi) is 4.54. The summed E-state index contributed by atoms with van der Waals surface area (Å²) in [5.41, 5.74) is 5.76. The molecule has 0 unspecified atom stereocenters. The van der Waals surface area contributed by atoms with E-state index in [1.54, 1.807) is 0 Å². The molecule has 10 nitrogen and oxygen atoms in total. The zero-order chi connectivity index (χ0) is 14.6. The molecular weight excluding hydrogens is 277 g/mol. The van der Waals surface area contributed by atoms with Crippen LogP contribution in [0, 0.1) is 0 Å². The van der Waals surface area contributed by atoms with Gasteiger partial charge in [0.15, 0.2) is 11.3 Å². The largest absolute Gasteiger partial charge is 0.543 e. The predicted octanol–water partition coefficient (Wildman–Crippen LogP) is -0.475. The van der Waals surface area contributed by atoms with Gasteiger partial charge in [-0.3, -0.25) is 9.79 Å². The number of phosphoric acid groups is 1. The molecular formula is C8H12N5O5P. The highest BCUT2D eigenvalue weighted by atomic mass is 31.2. The molecule has 0 fully saturated rings. The molecule has 0 saturated heterocycles. The summed E-state index contributed by atoms with van der Waals surface area (Å²) in [4.78, 5) is 37.7. The van der Waals surface area contributed by atoms with Crippen molar-refractivity contribution in [2.24, 2.45) is 0 Å². The molecule has 0 atom stereocenters. The van der Waals surface area contributed by atoms with E-state index >= 15 is 0 Å². The number of rotatable bonds is 2. The third-order valence-electron chi connectivity index (χ3n) is 1.53. The van der Waals surface area contributed by atoms with Crippen LogP contribution in [0.1, 0.15) is 13.8 Å². The number of nitrogens with zero attached hydrogens (tertiary/aromatic N) is 4. The number of nitrogens with two attached hydrogens (primary N) is 1. The first kappa shape index (κ1) is 15.0. The average Bonchev–Trinajstić information content (AvgIpc) is 2.60. The quantitative estimate of drug-likeness (QED) is 0.622. The number of fused-ring (bicyclic) bond motifs is 1. The van der Waals surface area contributed by atoms with Gasteiger partial charge in [-0.1, -0.05) is 0 Å². The zero-order valence-corrected chi connectivity index (χ0v) is 11.0. The lowest BCUT2D eigenvalue weighted by atomic mass is 10.5. The second-order valence-corrected chi connectivity index (χ2v) is 4.63. The highest BCUT2D eigenvalue weighted by Crippen LogP contribution is 2.32. The van der Waals surface area contributed by atoms with Crippen molar-refractivity contribution >= 4 is 30.6 Å². The normalized spacial score (nSPS) is 10.7. The zero-order valence-electron chi connectivity index (χ0n) is 10.1. The molecule has 0 saturated carbocycles. The summed E-state index contributed by atoms with van der Waals surface area (Å²) < 4.78 is 15.6. The number of carbonyl (C=O) groups is 1. The summed E-state index contributed by atoms with van der Waals surface area (Å²) in [5.74, 6) is 0.271. The van der Waals surface area contributed by atoms with Gasteiger partial charge in [0.1, 0.15) is 18.4 Å². The minimum absolute atomic E-state index is 0.0887. The SMILES string of the molecule is CC(C)=O.Nc1ncnc2c1ncn2OP(=O)(O)O. The van der Waals surface area contributed by atoms with Gasteiger partial charge >= 0.3 is 7.82 Å². The summed E-state index contributed by atoms with van der Waals surface area (Å²) in [6.45, 7) is 3.06. The minimum Gasteiger partial charge on any atom is -0.382 e. The van der Waals surface area contributed by atoms with Gasteiger partial charge in [-0.05, 0) is 13.8 Å². The molecule has 0 bridgehead atoms. The van der Waals surface area contributed by atoms with Gasteiger partial charge in [0.25, 0.3) is 0 Å². The highest BCUT2D eigenvalue weighted by Gasteiger charge is 2.19. The second kappa shape index (κ2) is 5.74. The Morgan fingerprint density at radius 3 is 2.47 bits per heavy atom. The number of imidazole rings is 1. The maximum absolute atomic E-state index is 10.6. The molecule has 0 spiro atoms. The van der Waals surface area contributed by atoms with Gasteiger partial charge in [0, 0.05) is 0 Å². The van der Waals surface area contributed by atoms with Crippen molar-refractivity contribution in [1.82, 2.24) is 19.7 Å². The Labute approximate surface area is 107 Å². The fourth-order valence-electron chi connectivity index (χ4n) is 1.01. The fourth-order valence-corrected chi connectivity index (χ4v) is 1.36. The van der Waals surface area contributed by atoms with E-state index < -0.39 is 7.82 Å². The van der Waals surface area contributed by atoms with Crippen LogP contribution in [-0.2, 0) is 9.36 Å². The summed E-state index contributed by atoms with van der Waals surface area (Å²) in [7, 11) is -4.65. The van der Waals surface area contributed by atoms with E-state index in [0.717, 1.165) is 17.4 Å². The third-order valence-corrected chi connectivity index (χ3v) is 1.91. The Morgan fingerprint density at radius 2 is 1.95 bits per heavy atom. The Balaban J connectivity index is 0.000000399. The summed E-state index contributed by atoms with van der Waals surface area (Å²) in [6.07, 6.45) is 2.19. The van der Waals surface area contributed by atoms with Crippen molar-refractivity contribution in [2.75, 3.05) is 5.73 Å². The molecule has 2 heterocycles. The van der Waals surface area contributed by atoms with Crippen LogP contribution in [0.3, 0.4) is 0 Å². The number of hydrogen-bond donors (Lipinski definition) is 3. The Morgan fingerprint density at radius 1 is 1.37 bits per heavy atom. The van der Waals surface area contributed by atoms with Crippen molar-refractivity contribution in [1.29, 1.82) is 0 Å². The number of aromatic nitrogens is 4. The highest BCUT2D eigenvalue weighted by molar-refractivity contribution is 7.46. The molecule has 0 aromatic carbocycles. The average molecular weight is 289 g/mol. The standard InChI is InChI=1S/C5H6N5O4P.C3H6O/c6-4-3-5(8-1-7-4)10(2-9-3)14-15(11,12)13;1-3(2)4/h1-2H,(H2,6,7,8)(H2,11,12,13);1-2H3. The van der Waals surface area contributed by atoms with E-state index in [-0.39, 0.29) is 22.8 Å². The second-order valence-electron chi connectivity index (χ2n) is 3.48. The van der Waals surface area contributed by atoms with Gasteiger partial charge < -0.3 is 15.2 Å². The molecule has 2 aromatic heterocycles. The molecule has 0 aliphatic heterocycles. The molecule has 19 heavy (non-hydrogen) atoms.